The predicted octanol–water partition coefficient (Wildman–Crippen LogP) is 4.23. The molecule has 0 aliphatic rings. The molecule has 0 bridgehead atoms. The van der Waals surface area contributed by atoms with E-state index in [-0.39, 0.29) is 5.41 Å². The van der Waals surface area contributed by atoms with E-state index < -0.39 is 0 Å². The summed E-state index contributed by atoms with van der Waals surface area (Å²) in [5, 5.41) is 0. The number of rotatable bonds is 3. The van der Waals surface area contributed by atoms with Crippen LogP contribution in [0.5, 0.6) is 0 Å². The van der Waals surface area contributed by atoms with Gasteiger partial charge in [-0.05, 0) is 47.9 Å². The van der Waals surface area contributed by atoms with Crippen LogP contribution in [0.2, 0.25) is 0 Å². The number of anilines is 2. The topological polar surface area (TPSA) is 52.0 Å². The van der Waals surface area contributed by atoms with Crippen molar-refractivity contribution in [1.82, 2.24) is 0 Å². The summed E-state index contributed by atoms with van der Waals surface area (Å²) in [6, 6.07) is 16.0. The van der Waals surface area contributed by atoms with Crippen molar-refractivity contribution in [3.05, 3.63) is 65.7 Å². The molecule has 104 valence electrons. The zero-order valence-corrected chi connectivity index (χ0v) is 12.4. The Hall–Kier alpha value is -2.22. The minimum Gasteiger partial charge on any atom is -0.399 e. The fraction of sp³-hybridized carbons (Fsp3) is 0.222. The maximum atomic E-state index is 5.75. The van der Waals surface area contributed by atoms with Gasteiger partial charge in [0.2, 0.25) is 0 Å². The molecule has 20 heavy (non-hydrogen) atoms. The summed E-state index contributed by atoms with van der Waals surface area (Å²) in [5.74, 6) is 0. The number of hydrogen-bond acceptors (Lipinski definition) is 2. The average molecular weight is 266 g/mol. The maximum Gasteiger partial charge on any atom is 0.0314 e. The second-order valence-corrected chi connectivity index (χ2v) is 5.79. The molecule has 0 saturated heterocycles. The Morgan fingerprint density at radius 2 is 1.30 bits per heavy atom. The summed E-state index contributed by atoms with van der Waals surface area (Å²) >= 11 is 0. The lowest BCUT2D eigenvalue weighted by molar-refractivity contribution is 0.671. The Morgan fingerprint density at radius 1 is 0.850 bits per heavy atom. The van der Waals surface area contributed by atoms with Crippen molar-refractivity contribution in [2.75, 3.05) is 11.5 Å². The van der Waals surface area contributed by atoms with Gasteiger partial charge >= 0.3 is 0 Å². The molecule has 0 fully saturated rings. The number of hydrogen-bond donors (Lipinski definition) is 2. The standard InChI is InChI=1S/C18H22N2/c1-13(14-4-8-16(19)9-5-14)12-18(2,3)15-6-10-17(20)11-7-15/h4-12H,19-20H2,1-3H3. The third-order valence-corrected chi connectivity index (χ3v) is 3.60. The molecule has 0 heterocycles. The quantitative estimate of drug-likeness (QED) is 0.817. The van der Waals surface area contributed by atoms with Crippen LogP contribution in [0.1, 0.15) is 31.9 Å². The smallest absolute Gasteiger partial charge is 0.0314 e. The third kappa shape index (κ3) is 3.21. The summed E-state index contributed by atoms with van der Waals surface area (Å²) in [7, 11) is 0. The molecule has 2 aromatic carbocycles. The van der Waals surface area contributed by atoms with Crippen molar-refractivity contribution in [3.63, 3.8) is 0 Å². The normalized spacial score (nSPS) is 12.4. The van der Waals surface area contributed by atoms with Crippen molar-refractivity contribution in [2.24, 2.45) is 0 Å². The van der Waals surface area contributed by atoms with Gasteiger partial charge in [0.1, 0.15) is 0 Å². The number of nitrogen functional groups attached to an aromatic ring is 2. The van der Waals surface area contributed by atoms with E-state index in [1.54, 1.807) is 0 Å². The van der Waals surface area contributed by atoms with E-state index in [1.165, 1.54) is 16.7 Å². The molecule has 0 unspecified atom stereocenters. The molecule has 4 N–H and O–H groups in total. The van der Waals surface area contributed by atoms with Gasteiger partial charge in [0.15, 0.2) is 0 Å². The highest BCUT2D eigenvalue weighted by molar-refractivity contribution is 5.67. The van der Waals surface area contributed by atoms with Crippen LogP contribution in [0.3, 0.4) is 0 Å². The van der Waals surface area contributed by atoms with Gasteiger partial charge in [0.25, 0.3) is 0 Å². The van der Waals surface area contributed by atoms with Crippen molar-refractivity contribution < 1.29 is 0 Å². The van der Waals surface area contributed by atoms with Crippen LogP contribution in [0.15, 0.2) is 54.6 Å². The molecule has 0 amide bonds. The molecule has 0 atom stereocenters. The fourth-order valence-electron chi connectivity index (χ4n) is 2.37. The summed E-state index contributed by atoms with van der Waals surface area (Å²) < 4.78 is 0. The third-order valence-electron chi connectivity index (χ3n) is 3.60. The van der Waals surface area contributed by atoms with Gasteiger partial charge in [-0.15, -0.1) is 0 Å². The van der Waals surface area contributed by atoms with Crippen molar-refractivity contribution in [3.8, 4) is 0 Å². The molecule has 0 spiro atoms. The van der Waals surface area contributed by atoms with E-state index in [0.29, 0.717) is 0 Å². The van der Waals surface area contributed by atoms with Gasteiger partial charge in [0.05, 0.1) is 0 Å². The van der Waals surface area contributed by atoms with Crippen LogP contribution in [-0.4, -0.2) is 0 Å². The Balaban J connectivity index is 2.31. The molecule has 2 aromatic rings. The Bertz CT molecular complexity index is 605. The van der Waals surface area contributed by atoms with Crippen LogP contribution in [0.25, 0.3) is 5.57 Å². The first-order chi connectivity index (χ1) is 9.38. The molecule has 0 radical (unpaired) electrons. The molecule has 0 aliphatic heterocycles. The van der Waals surface area contributed by atoms with E-state index in [9.17, 15) is 0 Å². The van der Waals surface area contributed by atoms with Gasteiger partial charge < -0.3 is 11.5 Å². The molecular formula is C18H22N2. The van der Waals surface area contributed by atoms with Gasteiger partial charge in [-0.25, -0.2) is 0 Å². The minimum absolute atomic E-state index is 0.0425. The van der Waals surface area contributed by atoms with Crippen LogP contribution in [0.4, 0.5) is 11.4 Å². The van der Waals surface area contributed by atoms with Gasteiger partial charge in [0, 0.05) is 16.8 Å². The Labute approximate surface area is 121 Å². The lowest BCUT2D eigenvalue weighted by atomic mass is 9.82. The Morgan fingerprint density at radius 3 is 1.80 bits per heavy atom. The minimum atomic E-state index is -0.0425. The van der Waals surface area contributed by atoms with Crippen LogP contribution >= 0.6 is 0 Å². The van der Waals surface area contributed by atoms with E-state index in [2.05, 4.69) is 51.1 Å². The van der Waals surface area contributed by atoms with Gasteiger partial charge in [-0.1, -0.05) is 44.2 Å². The molecule has 0 saturated carbocycles. The highest BCUT2D eigenvalue weighted by Gasteiger charge is 2.17. The fourth-order valence-corrected chi connectivity index (χ4v) is 2.37. The van der Waals surface area contributed by atoms with E-state index >= 15 is 0 Å². The number of nitrogens with two attached hydrogens (primary N) is 2. The van der Waals surface area contributed by atoms with E-state index in [4.69, 9.17) is 11.5 Å². The maximum absolute atomic E-state index is 5.75. The molecule has 2 rings (SSSR count). The SMILES string of the molecule is CC(=CC(C)(C)c1ccc(N)cc1)c1ccc(N)cc1. The second-order valence-electron chi connectivity index (χ2n) is 5.79. The second kappa shape index (κ2) is 5.41. The summed E-state index contributed by atoms with van der Waals surface area (Å²) in [6.07, 6.45) is 2.28. The van der Waals surface area contributed by atoms with Crippen LogP contribution < -0.4 is 11.5 Å². The zero-order chi connectivity index (χ0) is 14.8. The lowest BCUT2D eigenvalue weighted by Crippen LogP contribution is -2.14. The average Bonchev–Trinajstić information content (AvgIpc) is 2.39. The molecule has 2 heteroatoms. The van der Waals surface area contributed by atoms with E-state index in [1.807, 2.05) is 24.3 Å². The first kappa shape index (κ1) is 14.2. The first-order valence-electron chi connectivity index (χ1n) is 6.80. The summed E-state index contributed by atoms with van der Waals surface area (Å²) in [4.78, 5) is 0. The van der Waals surface area contributed by atoms with Crippen LogP contribution in [-0.2, 0) is 5.41 Å². The predicted molar refractivity (Wildman–Crippen MR) is 88.4 cm³/mol. The Kier molecular flexibility index (Phi) is 3.84. The highest BCUT2D eigenvalue weighted by atomic mass is 14.5. The van der Waals surface area contributed by atoms with Gasteiger partial charge in [-0.3, -0.25) is 0 Å². The molecular weight excluding hydrogens is 244 g/mol. The van der Waals surface area contributed by atoms with Crippen molar-refractivity contribution in [2.45, 2.75) is 26.2 Å². The lowest BCUT2D eigenvalue weighted by Gasteiger charge is -2.22. The number of allylic oxidation sites excluding steroid dienone is 2. The highest BCUT2D eigenvalue weighted by Crippen LogP contribution is 2.29. The molecule has 2 nitrogen and oxygen atoms in total. The monoisotopic (exact) mass is 266 g/mol. The summed E-state index contributed by atoms with van der Waals surface area (Å²) in [6.45, 7) is 6.54. The van der Waals surface area contributed by atoms with Gasteiger partial charge in [-0.2, -0.15) is 0 Å². The van der Waals surface area contributed by atoms with Crippen LogP contribution in [0, 0.1) is 0 Å². The van der Waals surface area contributed by atoms with E-state index in [0.717, 1.165) is 11.4 Å². The molecule has 0 aliphatic carbocycles. The largest absolute Gasteiger partial charge is 0.399 e. The zero-order valence-electron chi connectivity index (χ0n) is 12.4. The van der Waals surface area contributed by atoms with Crippen molar-refractivity contribution in [1.29, 1.82) is 0 Å². The first-order valence-corrected chi connectivity index (χ1v) is 6.80. The molecule has 0 aromatic heterocycles. The van der Waals surface area contributed by atoms with Crippen molar-refractivity contribution >= 4 is 16.9 Å². The number of benzene rings is 2. The summed E-state index contributed by atoms with van der Waals surface area (Å²) in [5.41, 5.74) is 16.7.